The number of aromatic amines is 1. The molecule has 4 nitrogen and oxygen atoms in total. The van der Waals surface area contributed by atoms with Crippen molar-refractivity contribution in [1.29, 1.82) is 0 Å². The minimum absolute atomic E-state index is 0.0297. The van der Waals surface area contributed by atoms with Crippen LogP contribution in [0.4, 0.5) is 0 Å². The van der Waals surface area contributed by atoms with Crippen LogP contribution in [0.25, 0.3) is 10.9 Å². The van der Waals surface area contributed by atoms with E-state index in [1.54, 1.807) is 0 Å². The lowest BCUT2D eigenvalue weighted by molar-refractivity contribution is 0.0868. The number of fused-ring (bicyclic) bond motifs is 1. The molecule has 0 unspecified atom stereocenters. The lowest BCUT2D eigenvalue weighted by Gasteiger charge is -2.26. The summed E-state index contributed by atoms with van der Waals surface area (Å²) in [4.78, 5) is 15.3. The maximum atomic E-state index is 12.2. The molecule has 3 rings (SSSR count). The van der Waals surface area contributed by atoms with Crippen LogP contribution in [0.5, 0.6) is 0 Å². The van der Waals surface area contributed by atoms with Gasteiger partial charge in [0.15, 0.2) is 0 Å². The van der Waals surface area contributed by atoms with E-state index in [9.17, 15) is 9.90 Å². The number of carbonyl (C=O) groups excluding carboxylic acids is 1. The largest absolute Gasteiger partial charge is 0.393 e. The normalized spacial score (nSPS) is 23.4. The van der Waals surface area contributed by atoms with Crippen molar-refractivity contribution in [3.63, 3.8) is 0 Å². The molecule has 0 spiro atoms. The maximum Gasteiger partial charge on any atom is 0.251 e. The molecule has 3 N–H and O–H groups in total. The third-order valence-corrected chi connectivity index (χ3v) is 3.85. The average Bonchev–Trinajstić information content (AvgIpc) is 2.88. The van der Waals surface area contributed by atoms with E-state index in [-0.39, 0.29) is 18.1 Å². The first-order chi connectivity index (χ1) is 9.22. The lowest BCUT2D eigenvalue weighted by Crippen LogP contribution is -2.38. The first kappa shape index (κ1) is 12.2. The summed E-state index contributed by atoms with van der Waals surface area (Å²) in [5.41, 5.74) is 1.66. The number of amides is 1. The molecular formula is C15H18N2O2. The van der Waals surface area contributed by atoms with Crippen LogP contribution in [0.15, 0.2) is 30.5 Å². The number of benzene rings is 1. The Balaban J connectivity index is 1.69. The van der Waals surface area contributed by atoms with Crippen LogP contribution in [0.2, 0.25) is 0 Å². The second kappa shape index (κ2) is 5.05. The summed E-state index contributed by atoms with van der Waals surface area (Å²) in [5, 5.41) is 13.6. The van der Waals surface area contributed by atoms with Gasteiger partial charge in [-0.05, 0) is 49.3 Å². The fourth-order valence-corrected chi connectivity index (χ4v) is 2.68. The minimum atomic E-state index is -0.191. The van der Waals surface area contributed by atoms with Gasteiger partial charge in [0.05, 0.1) is 6.10 Å². The summed E-state index contributed by atoms with van der Waals surface area (Å²) in [6.07, 6.45) is 4.95. The van der Waals surface area contributed by atoms with Crippen LogP contribution in [-0.2, 0) is 0 Å². The van der Waals surface area contributed by atoms with E-state index in [4.69, 9.17) is 0 Å². The molecule has 1 fully saturated rings. The third kappa shape index (κ3) is 2.63. The predicted molar refractivity (Wildman–Crippen MR) is 74.0 cm³/mol. The van der Waals surface area contributed by atoms with Gasteiger partial charge in [0.2, 0.25) is 0 Å². The van der Waals surface area contributed by atoms with Gasteiger partial charge in [-0.1, -0.05) is 6.07 Å². The van der Waals surface area contributed by atoms with Crippen LogP contribution in [0.1, 0.15) is 36.0 Å². The molecule has 1 aliphatic carbocycles. The molecule has 1 saturated carbocycles. The van der Waals surface area contributed by atoms with E-state index < -0.39 is 0 Å². The van der Waals surface area contributed by atoms with Crippen LogP contribution >= 0.6 is 0 Å². The van der Waals surface area contributed by atoms with Gasteiger partial charge in [-0.15, -0.1) is 0 Å². The second-order valence-corrected chi connectivity index (χ2v) is 5.26. The van der Waals surface area contributed by atoms with E-state index in [0.29, 0.717) is 5.56 Å². The van der Waals surface area contributed by atoms with E-state index in [1.807, 2.05) is 30.5 Å². The van der Waals surface area contributed by atoms with Crippen LogP contribution in [0.3, 0.4) is 0 Å². The number of aliphatic hydroxyl groups is 1. The molecule has 0 radical (unpaired) electrons. The highest BCUT2D eigenvalue weighted by molar-refractivity contribution is 5.98. The third-order valence-electron chi connectivity index (χ3n) is 3.85. The molecule has 0 atom stereocenters. The molecule has 0 aliphatic heterocycles. The van der Waals surface area contributed by atoms with Gasteiger partial charge >= 0.3 is 0 Å². The topological polar surface area (TPSA) is 65.1 Å². The van der Waals surface area contributed by atoms with E-state index in [1.165, 1.54) is 0 Å². The number of hydrogen-bond donors (Lipinski definition) is 3. The molecular weight excluding hydrogens is 240 g/mol. The highest BCUT2D eigenvalue weighted by Gasteiger charge is 2.21. The fraction of sp³-hybridized carbons (Fsp3) is 0.400. The van der Waals surface area contributed by atoms with Gasteiger partial charge in [0.1, 0.15) is 0 Å². The molecule has 100 valence electrons. The molecule has 1 aromatic heterocycles. The second-order valence-electron chi connectivity index (χ2n) is 5.26. The Labute approximate surface area is 111 Å². The number of carbonyl (C=O) groups is 1. The van der Waals surface area contributed by atoms with Crippen molar-refractivity contribution in [2.24, 2.45) is 0 Å². The SMILES string of the molecule is O=C(NC1CCC(O)CC1)c1ccc2cc[nH]c2c1. The highest BCUT2D eigenvalue weighted by atomic mass is 16.3. The summed E-state index contributed by atoms with van der Waals surface area (Å²) >= 11 is 0. The van der Waals surface area contributed by atoms with Gasteiger partial charge < -0.3 is 15.4 Å². The van der Waals surface area contributed by atoms with Crippen LogP contribution in [0, 0.1) is 0 Å². The summed E-state index contributed by atoms with van der Waals surface area (Å²) < 4.78 is 0. The molecule has 1 aromatic carbocycles. The number of nitrogens with one attached hydrogen (secondary N) is 2. The van der Waals surface area contributed by atoms with Crippen molar-refractivity contribution in [3.05, 3.63) is 36.0 Å². The zero-order valence-electron chi connectivity index (χ0n) is 10.7. The number of H-pyrrole nitrogens is 1. The molecule has 1 heterocycles. The number of aliphatic hydroxyl groups excluding tert-OH is 1. The van der Waals surface area contributed by atoms with Crippen LogP contribution < -0.4 is 5.32 Å². The average molecular weight is 258 g/mol. The Morgan fingerprint density at radius 3 is 2.79 bits per heavy atom. The van der Waals surface area contributed by atoms with Crippen LogP contribution in [-0.4, -0.2) is 28.1 Å². The highest BCUT2D eigenvalue weighted by Crippen LogP contribution is 2.19. The van der Waals surface area contributed by atoms with Crippen molar-refractivity contribution in [2.75, 3.05) is 0 Å². The van der Waals surface area contributed by atoms with Crippen molar-refractivity contribution in [1.82, 2.24) is 10.3 Å². The zero-order valence-corrected chi connectivity index (χ0v) is 10.7. The van der Waals surface area contributed by atoms with Gasteiger partial charge in [-0.25, -0.2) is 0 Å². The monoisotopic (exact) mass is 258 g/mol. The number of rotatable bonds is 2. The molecule has 19 heavy (non-hydrogen) atoms. The first-order valence-corrected chi connectivity index (χ1v) is 6.78. The summed E-state index contributed by atoms with van der Waals surface area (Å²) in [7, 11) is 0. The molecule has 1 aliphatic rings. The number of aromatic nitrogens is 1. The fourth-order valence-electron chi connectivity index (χ4n) is 2.68. The quantitative estimate of drug-likeness (QED) is 0.773. The van der Waals surface area contributed by atoms with Crippen molar-refractivity contribution in [2.45, 2.75) is 37.8 Å². The van der Waals surface area contributed by atoms with Crippen molar-refractivity contribution >= 4 is 16.8 Å². The van der Waals surface area contributed by atoms with Crippen molar-refractivity contribution < 1.29 is 9.90 Å². The van der Waals surface area contributed by atoms with E-state index in [0.717, 1.165) is 36.6 Å². The smallest absolute Gasteiger partial charge is 0.251 e. The molecule has 1 amide bonds. The van der Waals surface area contributed by atoms with Gasteiger partial charge in [-0.3, -0.25) is 4.79 Å². The van der Waals surface area contributed by atoms with E-state index in [2.05, 4.69) is 10.3 Å². The van der Waals surface area contributed by atoms with Gasteiger partial charge in [0, 0.05) is 23.3 Å². The molecule has 4 heteroatoms. The summed E-state index contributed by atoms with van der Waals surface area (Å²) in [5.74, 6) is -0.0297. The zero-order chi connectivity index (χ0) is 13.2. The minimum Gasteiger partial charge on any atom is -0.393 e. The van der Waals surface area contributed by atoms with Crippen molar-refractivity contribution in [3.8, 4) is 0 Å². The Bertz CT molecular complexity index is 583. The van der Waals surface area contributed by atoms with Gasteiger partial charge in [0.25, 0.3) is 5.91 Å². The molecule has 0 bridgehead atoms. The molecule has 0 saturated heterocycles. The summed E-state index contributed by atoms with van der Waals surface area (Å²) in [6, 6.07) is 7.85. The Morgan fingerprint density at radius 2 is 2.00 bits per heavy atom. The van der Waals surface area contributed by atoms with E-state index >= 15 is 0 Å². The molecule has 2 aromatic rings. The number of hydrogen-bond acceptors (Lipinski definition) is 2. The Hall–Kier alpha value is -1.81. The Kier molecular flexibility index (Phi) is 3.25. The lowest BCUT2D eigenvalue weighted by atomic mass is 9.93. The predicted octanol–water partition coefficient (Wildman–Crippen LogP) is 2.20. The maximum absolute atomic E-state index is 12.2. The standard InChI is InChI=1S/C15H18N2O2/c18-13-5-3-12(4-6-13)17-15(19)11-2-1-10-7-8-16-14(10)9-11/h1-2,7-9,12-13,16,18H,3-6H2,(H,17,19). The first-order valence-electron chi connectivity index (χ1n) is 6.78. The Morgan fingerprint density at radius 1 is 1.21 bits per heavy atom. The van der Waals surface area contributed by atoms with Gasteiger partial charge in [-0.2, -0.15) is 0 Å². The summed E-state index contributed by atoms with van der Waals surface area (Å²) in [6.45, 7) is 0.